The summed E-state index contributed by atoms with van der Waals surface area (Å²) in [5, 5.41) is 0.743. The molecule has 126 valence electrons. The van der Waals surface area contributed by atoms with Crippen LogP contribution in [0.5, 0.6) is 0 Å². The third-order valence-corrected chi connectivity index (χ3v) is 5.36. The van der Waals surface area contributed by atoms with E-state index in [1.165, 1.54) is 27.8 Å². The van der Waals surface area contributed by atoms with Crippen LogP contribution in [0, 0.1) is 0 Å². The average Bonchev–Trinajstić information content (AvgIpc) is 3.29. The van der Waals surface area contributed by atoms with Crippen molar-refractivity contribution in [2.75, 3.05) is 0 Å². The van der Waals surface area contributed by atoms with E-state index in [9.17, 15) is 0 Å². The lowest BCUT2D eigenvalue weighted by molar-refractivity contribution is 0.882. The molecular weight excluding hydrogens is 340 g/mol. The van der Waals surface area contributed by atoms with Crippen molar-refractivity contribution in [2.45, 2.75) is 12.3 Å². The van der Waals surface area contributed by atoms with Crippen molar-refractivity contribution in [1.82, 2.24) is 9.97 Å². The van der Waals surface area contributed by atoms with Gasteiger partial charge in [-0.3, -0.25) is 0 Å². The number of aromatic amines is 1. The summed E-state index contributed by atoms with van der Waals surface area (Å²) in [7, 11) is 0. The first kappa shape index (κ1) is 15.4. The Balaban J connectivity index is 1.64. The number of H-pyrrole nitrogens is 1. The van der Waals surface area contributed by atoms with Gasteiger partial charge in [0, 0.05) is 17.4 Å². The van der Waals surface area contributed by atoms with Crippen molar-refractivity contribution in [2.24, 2.45) is 0 Å². The smallest absolute Gasteiger partial charge is 0.118 e. The Labute approximate surface area is 157 Å². The summed E-state index contributed by atoms with van der Waals surface area (Å²) < 4.78 is 0. The molecular formula is C23H17ClN2. The topological polar surface area (TPSA) is 28.7 Å². The van der Waals surface area contributed by atoms with Crippen LogP contribution >= 0.6 is 11.6 Å². The number of fused-ring (bicyclic) bond motifs is 3. The van der Waals surface area contributed by atoms with Crippen molar-refractivity contribution < 1.29 is 0 Å². The van der Waals surface area contributed by atoms with Crippen molar-refractivity contribution in [1.29, 1.82) is 0 Å². The highest BCUT2D eigenvalue weighted by molar-refractivity contribution is 6.30. The predicted molar refractivity (Wildman–Crippen MR) is 106 cm³/mol. The number of hydrogen-bond acceptors (Lipinski definition) is 1. The number of imidazole rings is 1. The maximum absolute atomic E-state index is 6.26. The van der Waals surface area contributed by atoms with Gasteiger partial charge in [-0.15, -0.1) is 0 Å². The SMILES string of the molecule is Clc1cccc(C(c2ccc3c(c2)Cc2ccccc2-3)c2ncc[nH]2)c1. The normalized spacial score (nSPS) is 13.3. The fraction of sp³-hybridized carbons (Fsp3) is 0.0870. The van der Waals surface area contributed by atoms with Crippen LogP contribution in [0.1, 0.15) is 34.0 Å². The van der Waals surface area contributed by atoms with E-state index in [2.05, 4.69) is 58.5 Å². The molecule has 1 aliphatic rings. The molecule has 4 aromatic rings. The summed E-state index contributed by atoms with van der Waals surface area (Å²) >= 11 is 6.26. The molecule has 0 aliphatic heterocycles. The van der Waals surface area contributed by atoms with Crippen LogP contribution in [0.4, 0.5) is 0 Å². The van der Waals surface area contributed by atoms with E-state index < -0.39 is 0 Å². The average molecular weight is 357 g/mol. The van der Waals surface area contributed by atoms with Crippen LogP contribution in [0.2, 0.25) is 5.02 Å². The molecule has 0 spiro atoms. The second kappa shape index (κ2) is 6.15. The summed E-state index contributed by atoms with van der Waals surface area (Å²) in [5.74, 6) is 0.973. The van der Waals surface area contributed by atoms with E-state index in [0.29, 0.717) is 0 Å². The molecule has 3 heteroatoms. The van der Waals surface area contributed by atoms with E-state index in [0.717, 1.165) is 22.8 Å². The lowest BCUT2D eigenvalue weighted by atomic mass is 9.88. The highest BCUT2D eigenvalue weighted by Crippen LogP contribution is 2.39. The molecule has 1 atom stereocenters. The number of halogens is 1. The molecule has 2 nitrogen and oxygen atoms in total. The van der Waals surface area contributed by atoms with Crippen LogP contribution in [-0.4, -0.2) is 9.97 Å². The standard InChI is InChI=1S/C23H17ClN2/c24-19-6-3-5-16(14-19)22(23-25-10-11-26-23)17-8-9-21-18(13-17)12-15-4-1-2-7-20(15)21/h1-11,13-14,22H,12H2,(H,25,26). The van der Waals surface area contributed by atoms with Crippen LogP contribution in [0.15, 0.2) is 79.1 Å². The molecule has 0 fully saturated rings. The first-order valence-electron chi connectivity index (χ1n) is 8.75. The molecule has 3 aromatic carbocycles. The van der Waals surface area contributed by atoms with Gasteiger partial charge in [0.2, 0.25) is 0 Å². The quantitative estimate of drug-likeness (QED) is 0.434. The number of rotatable bonds is 3. The van der Waals surface area contributed by atoms with Gasteiger partial charge in [-0.1, -0.05) is 66.2 Å². The Morgan fingerprint density at radius 1 is 0.846 bits per heavy atom. The minimum Gasteiger partial charge on any atom is -0.348 e. The Hall–Kier alpha value is -2.84. The molecule has 26 heavy (non-hydrogen) atoms. The molecule has 1 unspecified atom stereocenters. The summed E-state index contributed by atoms with van der Waals surface area (Å²) in [5.41, 5.74) is 7.84. The molecule has 1 N–H and O–H groups in total. The van der Waals surface area contributed by atoms with Crippen molar-refractivity contribution >= 4 is 11.6 Å². The third kappa shape index (κ3) is 2.54. The summed E-state index contributed by atoms with van der Waals surface area (Å²) in [6.45, 7) is 0. The van der Waals surface area contributed by atoms with Gasteiger partial charge in [-0.2, -0.15) is 0 Å². The van der Waals surface area contributed by atoms with Gasteiger partial charge in [-0.05, 0) is 51.9 Å². The highest BCUT2D eigenvalue weighted by Gasteiger charge is 2.23. The highest BCUT2D eigenvalue weighted by atomic mass is 35.5. The van der Waals surface area contributed by atoms with E-state index >= 15 is 0 Å². The molecule has 0 saturated heterocycles. The second-order valence-electron chi connectivity index (χ2n) is 6.71. The molecule has 1 heterocycles. The van der Waals surface area contributed by atoms with Crippen molar-refractivity contribution in [3.63, 3.8) is 0 Å². The molecule has 0 bridgehead atoms. The van der Waals surface area contributed by atoms with Crippen LogP contribution < -0.4 is 0 Å². The van der Waals surface area contributed by atoms with Gasteiger partial charge in [0.15, 0.2) is 0 Å². The second-order valence-corrected chi connectivity index (χ2v) is 7.15. The molecule has 1 aromatic heterocycles. The Bertz CT molecular complexity index is 1080. The predicted octanol–water partition coefficient (Wildman–Crippen LogP) is 5.81. The summed E-state index contributed by atoms with van der Waals surface area (Å²) in [6.07, 6.45) is 4.66. The summed E-state index contributed by atoms with van der Waals surface area (Å²) in [6, 6.07) is 23.5. The molecule has 5 rings (SSSR count). The zero-order valence-corrected chi connectivity index (χ0v) is 14.9. The fourth-order valence-electron chi connectivity index (χ4n) is 3.97. The Kier molecular flexibility index (Phi) is 3.65. The number of benzene rings is 3. The van der Waals surface area contributed by atoms with Crippen LogP contribution in [0.25, 0.3) is 11.1 Å². The van der Waals surface area contributed by atoms with Gasteiger partial charge >= 0.3 is 0 Å². The monoisotopic (exact) mass is 356 g/mol. The number of nitrogens with one attached hydrogen (secondary N) is 1. The van der Waals surface area contributed by atoms with E-state index in [1.54, 1.807) is 6.20 Å². The van der Waals surface area contributed by atoms with Crippen molar-refractivity contribution in [3.8, 4) is 11.1 Å². The minimum absolute atomic E-state index is 0.0395. The summed E-state index contributed by atoms with van der Waals surface area (Å²) in [4.78, 5) is 7.82. The maximum Gasteiger partial charge on any atom is 0.118 e. The lowest BCUT2D eigenvalue weighted by Crippen LogP contribution is -2.06. The van der Waals surface area contributed by atoms with Gasteiger partial charge in [0.1, 0.15) is 5.82 Å². The molecule has 0 saturated carbocycles. The number of aromatic nitrogens is 2. The van der Waals surface area contributed by atoms with E-state index in [1.807, 2.05) is 24.4 Å². The molecule has 0 amide bonds. The third-order valence-electron chi connectivity index (χ3n) is 5.13. The largest absolute Gasteiger partial charge is 0.348 e. The number of hydrogen-bond donors (Lipinski definition) is 1. The minimum atomic E-state index is 0.0395. The first-order chi connectivity index (χ1) is 12.8. The maximum atomic E-state index is 6.26. The lowest BCUT2D eigenvalue weighted by Gasteiger charge is -2.17. The van der Waals surface area contributed by atoms with Gasteiger partial charge in [0.05, 0.1) is 5.92 Å². The van der Waals surface area contributed by atoms with E-state index in [4.69, 9.17) is 11.6 Å². The zero-order valence-electron chi connectivity index (χ0n) is 14.1. The van der Waals surface area contributed by atoms with Crippen LogP contribution in [-0.2, 0) is 6.42 Å². The van der Waals surface area contributed by atoms with Crippen LogP contribution in [0.3, 0.4) is 0 Å². The van der Waals surface area contributed by atoms with Crippen molar-refractivity contribution in [3.05, 3.63) is 112 Å². The first-order valence-corrected chi connectivity index (χ1v) is 9.13. The van der Waals surface area contributed by atoms with Gasteiger partial charge < -0.3 is 4.98 Å². The zero-order chi connectivity index (χ0) is 17.5. The van der Waals surface area contributed by atoms with E-state index in [-0.39, 0.29) is 5.92 Å². The van der Waals surface area contributed by atoms with Gasteiger partial charge in [0.25, 0.3) is 0 Å². The van der Waals surface area contributed by atoms with Gasteiger partial charge in [-0.25, -0.2) is 4.98 Å². The Morgan fingerprint density at radius 2 is 1.69 bits per heavy atom. The molecule has 0 radical (unpaired) electrons. The molecule has 1 aliphatic carbocycles. The number of nitrogens with zero attached hydrogens (tertiary/aromatic N) is 1. The Morgan fingerprint density at radius 3 is 2.54 bits per heavy atom. The fourth-order valence-corrected chi connectivity index (χ4v) is 4.17.